The molecule has 108 valence electrons. The Bertz CT molecular complexity index is 700. The van der Waals surface area contributed by atoms with Crippen LogP contribution in [0.25, 0.3) is 0 Å². The van der Waals surface area contributed by atoms with Crippen molar-refractivity contribution in [2.75, 3.05) is 10.6 Å². The predicted molar refractivity (Wildman–Crippen MR) is 87.4 cm³/mol. The van der Waals surface area contributed by atoms with E-state index in [0.717, 1.165) is 5.56 Å². The molecule has 0 aliphatic heterocycles. The van der Waals surface area contributed by atoms with Crippen molar-refractivity contribution in [1.29, 1.82) is 0 Å². The molecule has 2 aromatic carbocycles. The number of anilines is 2. The number of carbonyl (C=O) groups excluding carboxylic acids is 1. The number of carbonyl (C=O) groups is 1. The second-order valence-electron chi connectivity index (χ2n) is 4.70. The first-order valence-electron chi connectivity index (χ1n) is 6.41. The Labute approximate surface area is 128 Å². The first-order chi connectivity index (χ1) is 9.95. The maximum Gasteiger partial charge on any atom is 0.175 e. The highest BCUT2D eigenvalue weighted by atomic mass is 32.1. The molecule has 0 aliphatic rings. The van der Waals surface area contributed by atoms with Crippen LogP contribution in [0, 0.1) is 12.7 Å². The number of Topliss-reactive ketones (excluding diaryl/α,β-unsaturated/α-hetero) is 1. The van der Waals surface area contributed by atoms with Crippen molar-refractivity contribution in [3.8, 4) is 0 Å². The molecule has 0 aromatic heterocycles. The van der Waals surface area contributed by atoms with E-state index in [1.165, 1.54) is 13.0 Å². The zero-order chi connectivity index (χ0) is 15.4. The minimum absolute atomic E-state index is 0.0258. The molecule has 0 aliphatic carbocycles. The fraction of sp³-hybridized carbons (Fsp3) is 0.125. The molecule has 21 heavy (non-hydrogen) atoms. The summed E-state index contributed by atoms with van der Waals surface area (Å²) in [4.78, 5) is 11.3. The Morgan fingerprint density at radius 1 is 1.14 bits per heavy atom. The molecule has 0 atom stereocenters. The van der Waals surface area contributed by atoms with Crippen LogP contribution in [0.4, 0.5) is 15.8 Å². The molecule has 3 nitrogen and oxygen atoms in total. The SMILES string of the molecule is CC(=O)c1cccc(NC(=S)Nc2ccc(C)cc2F)c1. The van der Waals surface area contributed by atoms with E-state index in [1.807, 2.05) is 6.92 Å². The van der Waals surface area contributed by atoms with Crippen LogP contribution in [0.2, 0.25) is 0 Å². The van der Waals surface area contributed by atoms with E-state index in [0.29, 0.717) is 16.9 Å². The lowest BCUT2D eigenvalue weighted by Crippen LogP contribution is -2.20. The van der Waals surface area contributed by atoms with Gasteiger partial charge in [-0.05, 0) is 55.9 Å². The third-order valence-electron chi connectivity index (χ3n) is 2.90. The summed E-state index contributed by atoms with van der Waals surface area (Å²) in [7, 11) is 0. The average molecular weight is 302 g/mol. The number of nitrogens with one attached hydrogen (secondary N) is 2. The number of rotatable bonds is 3. The zero-order valence-electron chi connectivity index (χ0n) is 11.7. The van der Waals surface area contributed by atoms with Crippen LogP contribution in [-0.4, -0.2) is 10.9 Å². The Balaban J connectivity index is 2.08. The number of aryl methyl sites for hydroxylation is 1. The lowest BCUT2D eigenvalue weighted by Gasteiger charge is -2.12. The van der Waals surface area contributed by atoms with Crippen LogP contribution in [0.15, 0.2) is 42.5 Å². The zero-order valence-corrected chi connectivity index (χ0v) is 12.6. The topological polar surface area (TPSA) is 41.1 Å². The maximum absolute atomic E-state index is 13.7. The Hall–Kier alpha value is -2.27. The van der Waals surface area contributed by atoms with Gasteiger partial charge in [0.2, 0.25) is 0 Å². The molecule has 0 amide bonds. The van der Waals surface area contributed by atoms with Gasteiger partial charge in [-0.25, -0.2) is 4.39 Å². The summed E-state index contributed by atoms with van der Waals surface area (Å²) in [5, 5.41) is 5.99. The fourth-order valence-electron chi connectivity index (χ4n) is 1.82. The molecule has 2 aromatic rings. The molecule has 0 radical (unpaired) electrons. The van der Waals surface area contributed by atoms with Crippen molar-refractivity contribution in [2.24, 2.45) is 0 Å². The van der Waals surface area contributed by atoms with Gasteiger partial charge in [0.1, 0.15) is 5.82 Å². The Morgan fingerprint density at radius 2 is 1.90 bits per heavy atom. The number of benzene rings is 2. The monoisotopic (exact) mass is 302 g/mol. The standard InChI is InChI=1S/C16H15FN2OS/c1-10-6-7-15(14(17)8-10)19-16(21)18-13-5-3-4-12(9-13)11(2)20/h3-9H,1-2H3,(H2,18,19,21). The molecule has 0 spiro atoms. The average Bonchev–Trinajstić information content (AvgIpc) is 2.42. The van der Waals surface area contributed by atoms with E-state index in [-0.39, 0.29) is 16.7 Å². The van der Waals surface area contributed by atoms with E-state index < -0.39 is 0 Å². The van der Waals surface area contributed by atoms with E-state index >= 15 is 0 Å². The van der Waals surface area contributed by atoms with E-state index in [4.69, 9.17) is 12.2 Å². The third-order valence-corrected chi connectivity index (χ3v) is 3.10. The second kappa shape index (κ2) is 6.45. The van der Waals surface area contributed by atoms with Gasteiger partial charge in [-0.3, -0.25) is 4.79 Å². The van der Waals surface area contributed by atoms with Crippen LogP contribution in [0.3, 0.4) is 0 Å². The van der Waals surface area contributed by atoms with Gasteiger partial charge in [0.15, 0.2) is 10.9 Å². The van der Waals surface area contributed by atoms with Crippen LogP contribution in [0.5, 0.6) is 0 Å². The molecule has 0 bridgehead atoms. The molecule has 0 fully saturated rings. The van der Waals surface area contributed by atoms with Gasteiger partial charge in [0.25, 0.3) is 0 Å². The summed E-state index contributed by atoms with van der Waals surface area (Å²) in [5.41, 5.74) is 2.41. The quantitative estimate of drug-likeness (QED) is 0.660. The number of thiocarbonyl (C=S) groups is 1. The highest BCUT2D eigenvalue weighted by Crippen LogP contribution is 2.16. The van der Waals surface area contributed by atoms with Crippen LogP contribution < -0.4 is 10.6 Å². The van der Waals surface area contributed by atoms with Crippen molar-refractivity contribution in [3.05, 3.63) is 59.4 Å². The van der Waals surface area contributed by atoms with Gasteiger partial charge in [0, 0.05) is 11.3 Å². The molecule has 0 unspecified atom stereocenters. The van der Waals surface area contributed by atoms with Gasteiger partial charge < -0.3 is 10.6 Å². The lowest BCUT2D eigenvalue weighted by atomic mass is 10.1. The molecular formula is C16H15FN2OS. The number of hydrogen-bond acceptors (Lipinski definition) is 2. The minimum atomic E-state index is -0.364. The highest BCUT2D eigenvalue weighted by molar-refractivity contribution is 7.80. The normalized spacial score (nSPS) is 10.0. The molecule has 0 saturated carbocycles. The van der Waals surface area contributed by atoms with Crippen molar-refractivity contribution in [1.82, 2.24) is 0 Å². The summed E-state index contributed by atoms with van der Waals surface area (Å²) in [5.74, 6) is -0.390. The summed E-state index contributed by atoms with van der Waals surface area (Å²) < 4.78 is 13.7. The van der Waals surface area contributed by atoms with E-state index in [9.17, 15) is 9.18 Å². The van der Waals surface area contributed by atoms with Crippen LogP contribution in [-0.2, 0) is 0 Å². The largest absolute Gasteiger partial charge is 0.332 e. The highest BCUT2D eigenvalue weighted by Gasteiger charge is 2.06. The number of ketones is 1. The minimum Gasteiger partial charge on any atom is -0.332 e. The van der Waals surface area contributed by atoms with Gasteiger partial charge in [0.05, 0.1) is 5.69 Å². The first-order valence-corrected chi connectivity index (χ1v) is 6.81. The molecule has 5 heteroatoms. The van der Waals surface area contributed by atoms with Gasteiger partial charge in [-0.1, -0.05) is 18.2 Å². The van der Waals surface area contributed by atoms with Crippen molar-refractivity contribution in [3.63, 3.8) is 0 Å². The van der Waals surface area contributed by atoms with E-state index in [1.54, 1.807) is 36.4 Å². The fourth-order valence-corrected chi connectivity index (χ4v) is 2.05. The third kappa shape index (κ3) is 4.10. The first kappa shape index (κ1) is 15.1. The predicted octanol–water partition coefficient (Wildman–Crippen LogP) is 4.15. The summed E-state index contributed by atoms with van der Waals surface area (Å²) >= 11 is 5.15. The van der Waals surface area contributed by atoms with Crippen molar-refractivity contribution >= 4 is 34.5 Å². The molecule has 0 saturated heterocycles. The maximum atomic E-state index is 13.7. The Kier molecular flexibility index (Phi) is 4.65. The molecular weight excluding hydrogens is 287 g/mol. The van der Waals surface area contributed by atoms with Gasteiger partial charge in [-0.15, -0.1) is 0 Å². The molecule has 2 rings (SSSR count). The smallest absolute Gasteiger partial charge is 0.175 e. The van der Waals surface area contributed by atoms with Gasteiger partial charge >= 0.3 is 0 Å². The Morgan fingerprint density at radius 3 is 2.57 bits per heavy atom. The van der Waals surface area contributed by atoms with Crippen molar-refractivity contribution < 1.29 is 9.18 Å². The van der Waals surface area contributed by atoms with Crippen molar-refractivity contribution in [2.45, 2.75) is 13.8 Å². The summed E-state index contributed by atoms with van der Waals surface area (Å²) in [6.45, 7) is 3.31. The van der Waals surface area contributed by atoms with Crippen LogP contribution >= 0.6 is 12.2 Å². The number of halogens is 1. The second-order valence-corrected chi connectivity index (χ2v) is 5.11. The van der Waals surface area contributed by atoms with Gasteiger partial charge in [-0.2, -0.15) is 0 Å². The lowest BCUT2D eigenvalue weighted by molar-refractivity contribution is 0.101. The summed E-state index contributed by atoms with van der Waals surface area (Å²) in [6, 6.07) is 11.8. The number of hydrogen-bond donors (Lipinski definition) is 2. The molecule has 2 N–H and O–H groups in total. The van der Waals surface area contributed by atoms with Crippen LogP contribution in [0.1, 0.15) is 22.8 Å². The summed E-state index contributed by atoms with van der Waals surface area (Å²) in [6.07, 6.45) is 0. The van der Waals surface area contributed by atoms with E-state index in [2.05, 4.69) is 10.6 Å². The molecule has 0 heterocycles.